The first-order valence-electron chi connectivity index (χ1n) is 6.92. The Morgan fingerprint density at radius 2 is 1.90 bits per heavy atom. The highest BCUT2D eigenvalue weighted by molar-refractivity contribution is 7.90. The fourth-order valence-electron chi connectivity index (χ4n) is 2.09. The van der Waals surface area contributed by atoms with Crippen LogP contribution in [-0.4, -0.2) is 26.3 Å². The Hall–Kier alpha value is -1.88. The lowest BCUT2D eigenvalue weighted by atomic mass is 10.1. The van der Waals surface area contributed by atoms with Crippen molar-refractivity contribution in [3.05, 3.63) is 42.6 Å². The fourth-order valence-corrected chi connectivity index (χ4v) is 2.72. The first-order chi connectivity index (χ1) is 10.0. The molecule has 0 saturated heterocycles. The summed E-state index contributed by atoms with van der Waals surface area (Å²) in [6, 6.07) is 10.6. The van der Waals surface area contributed by atoms with Crippen molar-refractivity contribution in [1.29, 1.82) is 0 Å². The van der Waals surface area contributed by atoms with Gasteiger partial charge in [0, 0.05) is 18.0 Å². The molecular weight excluding hydrogens is 286 g/mol. The highest BCUT2D eigenvalue weighted by Crippen LogP contribution is 2.32. The predicted molar refractivity (Wildman–Crippen MR) is 81.0 cm³/mol. The Balaban J connectivity index is 1.88. The van der Waals surface area contributed by atoms with Crippen molar-refractivity contribution < 1.29 is 13.2 Å². The molecule has 0 spiro atoms. The van der Waals surface area contributed by atoms with Gasteiger partial charge in [-0.05, 0) is 48.6 Å². The Bertz CT molecular complexity index is 734. The topological polar surface area (TPSA) is 56.3 Å². The van der Waals surface area contributed by atoms with Gasteiger partial charge in [0.1, 0.15) is 0 Å². The van der Waals surface area contributed by atoms with Gasteiger partial charge >= 0.3 is 0 Å². The van der Waals surface area contributed by atoms with Crippen LogP contribution in [0.3, 0.4) is 0 Å². The van der Waals surface area contributed by atoms with Gasteiger partial charge in [-0.3, -0.25) is 0 Å². The zero-order valence-corrected chi connectivity index (χ0v) is 12.6. The van der Waals surface area contributed by atoms with E-state index in [0.717, 1.165) is 11.1 Å². The molecule has 1 aromatic heterocycles. The van der Waals surface area contributed by atoms with Crippen molar-refractivity contribution in [3.8, 4) is 17.0 Å². The lowest BCUT2D eigenvalue weighted by molar-refractivity contribution is 0.290. The SMILES string of the molecule is CS(=O)(=O)c1ccc(-c2cccnc2OCC2CC2)cc1. The van der Waals surface area contributed by atoms with Crippen LogP contribution in [0.4, 0.5) is 0 Å². The zero-order chi connectivity index (χ0) is 14.9. The number of sulfone groups is 1. The van der Waals surface area contributed by atoms with E-state index in [1.165, 1.54) is 19.1 Å². The van der Waals surface area contributed by atoms with Crippen molar-refractivity contribution in [2.45, 2.75) is 17.7 Å². The van der Waals surface area contributed by atoms with Crippen molar-refractivity contribution >= 4 is 9.84 Å². The van der Waals surface area contributed by atoms with Gasteiger partial charge in [0.05, 0.1) is 11.5 Å². The molecule has 0 aliphatic heterocycles. The van der Waals surface area contributed by atoms with Crippen LogP contribution in [0, 0.1) is 5.92 Å². The number of rotatable bonds is 5. The van der Waals surface area contributed by atoms with Crippen molar-refractivity contribution in [2.24, 2.45) is 5.92 Å². The summed E-state index contributed by atoms with van der Waals surface area (Å²) in [5.41, 5.74) is 1.79. The summed E-state index contributed by atoms with van der Waals surface area (Å²) >= 11 is 0. The van der Waals surface area contributed by atoms with Crippen molar-refractivity contribution in [2.75, 3.05) is 12.9 Å². The van der Waals surface area contributed by atoms with Gasteiger partial charge in [0.2, 0.25) is 5.88 Å². The molecule has 21 heavy (non-hydrogen) atoms. The van der Waals surface area contributed by atoms with Crippen LogP contribution in [-0.2, 0) is 9.84 Å². The van der Waals surface area contributed by atoms with E-state index >= 15 is 0 Å². The van der Waals surface area contributed by atoms with E-state index in [1.54, 1.807) is 30.5 Å². The molecular formula is C16H17NO3S. The number of ether oxygens (including phenoxy) is 1. The standard InChI is InChI=1S/C16H17NO3S/c1-21(18,19)14-8-6-13(7-9-14)15-3-2-10-17-16(15)20-11-12-4-5-12/h2-3,6-10,12H,4-5,11H2,1H3. The van der Waals surface area contributed by atoms with Crippen LogP contribution in [0.1, 0.15) is 12.8 Å². The summed E-state index contributed by atoms with van der Waals surface area (Å²) in [5.74, 6) is 1.27. The molecule has 1 fully saturated rings. The first kappa shape index (κ1) is 14.1. The molecule has 1 saturated carbocycles. The number of pyridine rings is 1. The maximum Gasteiger partial charge on any atom is 0.221 e. The van der Waals surface area contributed by atoms with Crippen LogP contribution in [0.25, 0.3) is 11.1 Å². The Kier molecular flexibility index (Phi) is 3.68. The molecule has 4 nitrogen and oxygen atoms in total. The van der Waals surface area contributed by atoms with E-state index in [9.17, 15) is 8.42 Å². The molecule has 1 aliphatic rings. The number of hydrogen-bond donors (Lipinski definition) is 0. The molecule has 0 unspecified atom stereocenters. The number of benzene rings is 1. The number of aromatic nitrogens is 1. The number of hydrogen-bond acceptors (Lipinski definition) is 4. The minimum absolute atomic E-state index is 0.315. The molecule has 110 valence electrons. The van der Waals surface area contributed by atoms with Crippen LogP contribution >= 0.6 is 0 Å². The summed E-state index contributed by atoms with van der Waals surface area (Å²) in [4.78, 5) is 4.60. The highest BCUT2D eigenvalue weighted by atomic mass is 32.2. The van der Waals surface area contributed by atoms with E-state index < -0.39 is 9.84 Å². The number of nitrogens with zero attached hydrogens (tertiary/aromatic N) is 1. The van der Waals surface area contributed by atoms with Crippen LogP contribution in [0.2, 0.25) is 0 Å². The quantitative estimate of drug-likeness (QED) is 0.852. The first-order valence-corrected chi connectivity index (χ1v) is 8.81. The van der Waals surface area contributed by atoms with Gasteiger partial charge in [-0.25, -0.2) is 13.4 Å². The van der Waals surface area contributed by atoms with Gasteiger partial charge in [0.25, 0.3) is 0 Å². The summed E-state index contributed by atoms with van der Waals surface area (Å²) in [7, 11) is -3.17. The van der Waals surface area contributed by atoms with Crippen molar-refractivity contribution in [1.82, 2.24) is 4.98 Å². The lowest BCUT2D eigenvalue weighted by Crippen LogP contribution is -2.02. The van der Waals surface area contributed by atoms with E-state index in [4.69, 9.17) is 4.74 Å². The Morgan fingerprint density at radius 3 is 2.52 bits per heavy atom. The fraction of sp³-hybridized carbons (Fsp3) is 0.312. The smallest absolute Gasteiger partial charge is 0.221 e. The highest BCUT2D eigenvalue weighted by Gasteiger charge is 2.22. The molecule has 1 aromatic carbocycles. The van der Waals surface area contributed by atoms with Gasteiger partial charge in [-0.15, -0.1) is 0 Å². The lowest BCUT2D eigenvalue weighted by Gasteiger charge is -2.10. The van der Waals surface area contributed by atoms with Gasteiger partial charge in [-0.1, -0.05) is 12.1 Å². The minimum Gasteiger partial charge on any atom is -0.477 e. The summed E-state index contributed by atoms with van der Waals surface area (Å²) in [5, 5.41) is 0. The van der Waals surface area contributed by atoms with Gasteiger partial charge in [0.15, 0.2) is 9.84 Å². The van der Waals surface area contributed by atoms with Gasteiger partial charge in [-0.2, -0.15) is 0 Å². The monoisotopic (exact) mass is 303 g/mol. The normalized spacial score (nSPS) is 14.9. The van der Waals surface area contributed by atoms with Crippen LogP contribution < -0.4 is 4.74 Å². The second kappa shape index (κ2) is 5.48. The molecule has 0 radical (unpaired) electrons. The molecule has 0 amide bonds. The molecule has 0 bridgehead atoms. The average Bonchev–Trinajstić information content (AvgIpc) is 3.29. The van der Waals surface area contributed by atoms with E-state index in [-0.39, 0.29) is 0 Å². The summed E-state index contributed by atoms with van der Waals surface area (Å²) in [6.07, 6.45) is 5.36. The average molecular weight is 303 g/mol. The largest absolute Gasteiger partial charge is 0.477 e. The van der Waals surface area contributed by atoms with Crippen LogP contribution in [0.5, 0.6) is 5.88 Å². The minimum atomic E-state index is -3.17. The second-order valence-corrected chi connectivity index (χ2v) is 7.42. The predicted octanol–water partition coefficient (Wildman–Crippen LogP) is 2.94. The van der Waals surface area contributed by atoms with Crippen molar-refractivity contribution in [3.63, 3.8) is 0 Å². The summed E-state index contributed by atoms with van der Waals surface area (Å²) in [6.45, 7) is 0.700. The zero-order valence-electron chi connectivity index (χ0n) is 11.8. The molecule has 1 heterocycles. The molecule has 3 rings (SSSR count). The third-order valence-electron chi connectivity index (χ3n) is 3.52. The van der Waals surface area contributed by atoms with E-state index in [0.29, 0.717) is 23.3 Å². The summed E-state index contributed by atoms with van der Waals surface area (Å²) < 4.78 is 28.8. The third-order valence-corrected chi connectivity index (χ3v) is 4.65. The molecule has 1 aliphatic carbocycles. The third kappa shape index (κ3) is 3.42. The van der Waals surface area contributed by atoms with E-state index in [1.807, 2.05) is 12.1 Å². The Morgan fingerprint density at radius 1 is 1.19 bits per heavy atom. The Labute approximate surface area is 124 Å². The van der Waals surface area contributed by atoms with E-state index in [2.05, 4.69) is 4.98 Å². The molecule has 0 N–H and O–H groups in total. The van der Waals surface area contributed by atoms with Gasteiger partial charge < -0.3 is 4.74 Å². The molecule has 0 atom stereocenters. The molecule has 2 aromatic rings. The maximum atomic E-state index is 11.5. The second-order valence-electron chi connectivity index (χ2n) is 5.41. The van der Waals surface area contributed by atoms with Crippen LogP contribution in [0.15, 0.2) is 47.5 Å². The molecule has 5 heteroatoms. The maximum absolute atomic E-state index is 11.5.